The summed E-state index contributed by atoms with van der Waals surface area (Å²) in [4.78, 5) is 22.6. The molecule has 112 valence electrons. The van der Waals surface area contributed by atoms with Crippen LogP contribution in [0.1, 0.15) is 31.9 Å². The molecule has 3 N–H and O–H groups in total. The topological polar surface area (TPSA) is 96.3 Å². The van der Waals surface area contributed by atoms with E-state index in [1.807, 2.05) is 26.2 Å². The van der Waals surface area contributed by atoms with Crippen molar-refractivity contribution < 1.29 is 14.7 Å². The van der Waals surface area contributed by atoms with Gasteiger partial charge in [-0.05, 0) is 12.5 Å². The summed E-state index contributed by atoms with van der Waals surface area (Å²) in [5.41, 5.74) is 0.883. The van der Waals surface area contributed by atoms with Crippen molar-refractivity contribution in [3.63, 3.8) is 0 Å². The van der Waals surface area contributed by atoms with Crippen molar-refractivity contribution in [2.24, 2.45) is 7.05 Å². The number of rotatable bonds is 8. The van der Waals surface area contributed by atoms with Crippen LogP contribution in [0.4, 0.5) is 4.79 Å². The number of urea groups is 1. The Morgan fingerprint density at radius 3 is 2.80 bits per heavy atom. The molecule has 0 radical (unpaired) electrons. The molecule has 0 saturated carbocycles. The van der Waals surface area contributed by atoms with Crippen LogP contribution >= 0.6 is 0 Å². The average molecular weight is 282 g/mol. The molecule has 0 aliphatic heterocycles. The second-order valence-corrected chi connectivity index (χ2v) is 4.66. The Morgan fingerprint density at radius 2 is 2.25 bits per heavy atom. The summed E-state index contributed by atoms with van der Waals surface area (Å²) in [7, 11) is 1.83. The van der Waals surface area contributed by atoms with E-state index in [1.54, 1.807) is 4.68 Å². The summed E-state index contributed by atoms with van der Waals surface area (Å²) in [6, 6.07) is 0.593. The number of carbonyl (C=O) groups is 2. The zero-order valence-corrected chi connectivity index (χ0v) is 11.9. The molecule has 2 amide bonds. The fourth-order valence-corrected chi connectivity index (χ4v) is 1.78. The van der Waals surface area contributed by atoms with Crippen molar-refractivity contribution in [1.82, 2.24) is 20.4 Å². The third kappa shape index (κ3) is 5.73. The number of aromatic nitrogens is 2. The van der Waals surface area contributed by atoms with Gasteiger partial charge < -0.3 is 15.7 Å². The molecule has 0 spiro atoms. The van der Waals surface area contributed by atoms with Gasteiger partial charge in [-0.25, -0.2) is 9.59 Å². The molecule has 0 aliphatic rings. The van der Waals surface area contributed by atoms with E-state index in [2.05, 4.69) is 15.7 Å². The van der Waals surface area contributed by atoms with Gasteiger partial charge in [0, 0.05) is 26.2 Å². The van der Waals surface area contributed by atoms with Crippen LogP contribution in [0.25, 0.3) is 0 Å². The molecule has 7 nitrogen and oxygen atoms in total. The molecule has 0 bridgehead atoms. The zero-order chi connectivity index (χ0) is 15.0. The summed E-state index contributed by atoms with van der Waals surface area (Å²) < 4.78 is 1.70. The van der Waals surface area contributed by atoms with Crippen LogP contribution in [0.5, 0.6) is 0 Å². The average Bonchev–Trinajstić information content (AvgIpc) is 2.80. The zero-order valence-electron chi connectivity index (χ0n) is 11.9. The Hall–Kier alpha value is -2.05. The SMILES string of the molecule is CCCC[C@H](NC(=O)NCCc1ccn(C)n1)C(=O)O. The highest BCUT2D eigenvalue weighted by Crippen LogP contribution is 2.00. The van der Waals surface area contributed by atoms with Crippen molar-refractivity contribution in [1.29, 1.82) is 0 Å². The van der Waals surface area contributed by atoms with Crippen molar-refractivity contribution in [3.05, 3.63) is 18.0 Å². The molecule has 0 aliphatic carbocycles. The normalized spacial score (nSPS) is 11.9. The number of amides is 2. The largest absolute Gasteiger partial charge is 0.480 e. The predicted molar refractivity (Wildman–Crippen MR) is 74.4 cm³/mol. The lowest BCUT2D eigenvalue weighted by Gasteiger charge is -2.14. The van der Waals surface area contributed by atoms with E-state index in [4.69, 9.17) is 5.11 Å². The highest BCUT2D eigenvalue weighted by molar-refractivity contribution is 5.82. The van der Waals surface area contributed by atoms with Crippen LogP contribution in [0.2, 0.25) is 0 Å². The van der Waals surface area contributed by atoms with E-state index < -0.39 is 18.0 Å². The molecule has 7 heteroatoms. The molecule has 1 heterocycles. The minimum atomic E-state index is -1.00. The number of unbranched alkanes of at least 4 members (excludes halogenated alkanes) is 1. The van der Waals surface area contributed by atoms with Crippen LogP contribution in [0, 0.1) is 0 Å². The Morgan fingerprint density at radius 1 is 1.50 bits per heavy atom. The Kier molecular flexibility index (Phi) is 6.55. The minimum absolute atomic E-state index is 0.420. The minimum Gasteiger partial charge on any atom is -0.480 e. The van der Waals surface area contributed by atoms with Gasteiger partial charge in [0.25, 0.3) is 0 Å². The Bertz CT molecular complexity index is 445. The maximum Gasteiger partial charge on any atom is 0.326 e. The number of hydrogen-bond acceptors (Lipinski definition) is 3. The first-order valence-corrected chi connectivity index (χ1v) is 6.78. The van der Waals surface area contributed by atoms with Gasteiger partial charge in [0.2, 0.25) is 0 Å². The van der Waals surface area contributed by atoms with Crippen LogP contribution in [0.3, 0.4) is 0 Å². The molecule has 1 atom stereocenters. The van der Waals surface area contributed by atoms with Gasteiger partial charge in [0.1, 0.15) is 6.04 Å². The van der Waals surface area contributed by atoms with Gasteiger partial charge in [-0.1, -0.05) is 19.8 Å². The Balaban J connectivity index is 2.28. The predicted octanol–water partition coefficient (Wildman–Crippen LogP) is 0.905. The third-order valence-corrected chi connectivity index (χ3v) is 2.89. The highest BCUT2D eigenvalue weighted by Gasteiger charge is 2.18. The summed E-state index contributed by atoms with van der Waals surface area (Å²) >= 11 is 0. The molecule has 0 unspecified atom stereocenters. The van der Waals surface area contributed by atoms with Gasteiger partial charge in [-0.3, -0.25) is 4.68 Å². The molecule has 0 saturated heterocycles. The molecular formula is C13H22N4O3. The number of carboxylic acid groups (broad SMARTS) is 1. The number of aliphatic carboxylic acids is 1. The first kappa shape index (κ1) is 16.0. The molecule has 1 aromatic heterocycles. The summed E-state index contributed by atoms with van der Waals surface area (Å²) in [6.07, 6.45) is 4.55. The lowest BCUT2D eigenvalue weighted by molar-refractivity contribution is -0.139. The second kappa shape index (κ2) is 8.19. The quantitative estimate of drug-likeness (QED) is 0.660. The molecule has 1 aromatic rings. The first-order chi connectivity index (χ1) is 9.52. The number of nitrogens with one attached hydrogen (secondary N) is 2. The smallest absolute Gasteiger partial charge is 0.326 e. The maximum atomic E-state index is 11.6. The number of aryl methyl sites for hydroxylation is 1. The van der Waals surface area contributed by atoms with E-state index in [0.717, 1.165) is 18.5 Å². The van der Waals surface area contributed by atoms with Crippen LogP contribution < -0.4 is 10.6 Å². The van der Waals surface area contributed by atoms with Gasteiger partial charge in [-0.15, -0.1) is 0 Å². The van der Waals surface area contributed by atoms with E-state index >= 15 is 0 Å². The maximum absolute atomic E-state index is 11.6. The van der Waals surface area contributed by atoms with Crippen molar-refractivity contribution in [3.8, 4) is 0 Å². The monoisotopic (exact) mass is 282 g/mol. The van der Waals surface area contributed by atoms with Gasteiger partial charge >= 0.3 is 12.0 Å². The van der Waals surface area contributed by atoms with Crippen molar-refractivity contribution in [2.75, 3.05) is 6.54 Å². The summed E-state index contributed by atoms with van der Waals surface area (Å²) in [5, 5.41) is 18.3. The van der Waals surface area contributed by atoms with Crippen LogP contribution in [-0.2, 0) is 18.3 Å². The first-order valence-electron chi connectivity index (χ1n) is 6.78. The standard InChI is InChI=1S/C13H22N4O3/c1-3-4-5-11(12(18)19)15-13(20)14-8-6-10-7-9-17(2)16-10/h7,9,11H,3-6,8H2,1-2H3,(H,18,19)(H2,14,15,20)/t11-/m0/s1. The second-order valence-electron chi connectivity index (χ2n) is 4.66. The van der Waals surface area contributed by atoms with E-state index in [0.29, 0.717) is 19.4 Å². The van der Waals surface area contributed by atoms with Crippen LogP contribution in [0.15, 0.2) is 12.3 Å². The number of carbonyl (C=O) groups excluding carboxylic acids is 1. The lowest BCUT2D eigenvalue weighted by Crippen LogP contribution is -2.46. The molecule has 1 rings (SSSR count). The van der Waals surface area contributed by atoms with Gasteiger partial charge in [0.15, 0.2) is 0 Å². The van der Waals surface area contributed by atoms with Gasteiger partial charge in [-0.2, -0.15) is 5.10 Å². The number of nitrogens with zero attached hydrogens (tertiary/aromatic N) is 2. The van der Waals surface area contributed by atoms with Crippen molar-refractivity contribution >= 4 is 12.0 Å². The molecule has 0 aromatic carbocycles. The van der Waals surface area contributed by atoms with E-state index in [1.165, 1.54) is 0 Å². The third-order valence-electron chi connectivity index (χ3n) is 2.89. The molecule has 0 fully saturated rings. The number of carboxylic acids is 1. The van der Waals surface area contributed by atoms with E-state index in [9.17, 15) is 9.59 Å². The summed E-state index contributed by atoms with van der Waals surface area (Å²) in [5.74, 6) is -1.00. The lowest BCUT2D eigenvalue weighted by atomic mass is 10.1. The fourth-order valence-electron chi connectivity index (χ4n) is 1.78. The van der Waals surface area contributed by atoms with Gasteiger partial charge in [0.05, 0.1) is 5.69 Å². The molecular weight excluding hydrogens is 260 g/mol. The van der Waals surface area contributed by atoms with E-state index in [-0.39, 0.29) is 0 Å². The molecule has 20 heavy (non-hydrogen) atoms. The highest BCUT2D eigenvalue weighted by atomic mass is 16.4. The van der Waals surface area contributed by atoms with Crippen molar-refractivity contribution in [2.45, 2.75) is 38.6 Å². The Labute approximate surface area is 118 Å². The number of hydrogen-bond donors (Lipinski definition) is 3. The fraction of sp³-hybridized carbons (Fsp3) is 0.615. The van der Waals surface area contributed by atoms with Crippen LogP contribution in [-0.4, -0.2) is 39.5 Å². The summed E-state index contributed by atoms with van der Waals surface area (Å²) in [6.45, 7) is 2.40.